The van der Waals surface area contributed by atoms with Gasteiger partial charge in [-0.1, -0.05) is 35.3 Å². The van der Waals surface area contributed by atoms with E-state index in [2.05, 4.69) is 12.2 Å². The van der Waals surface area contributed by atoms with Crippen LogP contribution in [0.25, 0.3) is 0 Å². The minimum Gasteiger partial charge on any atom is -0.380 e. The van der Waals surface area contributed by atoms with Gasteiger partial charge in [0.15, 0.2) is 0 Å². The summed E-state index contributed by atoms with van der Waals surface area (Å²) in [6.07, 6.45) is 3.81. The van der Waals surface area contributed by atoms with Crippen LogP contribution < -0.4 is 5.32 Å². The zero-order chi connectivity index (χ0) is 13.1. The van der Waals surface area contributed by atoms with Crippen LogP contribution in [0, 0.1) is 0 Å². The van der Waals surface area contributed by atoms with Gasteiger partial charge in [0.25, 0.3) is 0 Å². The van der Waals surface area contributed by atoms with Crippen molar-refractivity contribution in [3.8, 4) is 0 Å². The van der Waals surface area contributed by atoms with Gasteiger partial charge < -0.3 is 10.1 Å². The highest BCUT2D eigenvalue weighted by Gasteiger charge is 2.28. The fraction of sp³-hybridized carbons (Fsp3) is 0.571. The molecule has 1 aliphatic rings. The zero-order valence-corrected chi connectivity index (χ0v) is 12.3. The Morgan fingerprint density at radius 1 is 1.33 bits per heavy atom. The molecule has 1 fully saturated rings. The number of hydrogen-bond donors (Lipinski definition) is 1. The molecule has 2 nitrogen and oxygen atoms in total. The summed E-state index contributed by atoms with van der Waals surface area (Å²) in [5.41, 5.74) is 1.05. The van der Waals surface area contributed by atoms with Crippen LogP contribution >= 0.6 is 23.2 Å². The maximum absolute atomic E-state index is 6.24. The second kappa shape index (κ2) is 6.25. The van der Waals surface area contributed by atoms with Crippen molar-refractivity contribution in [1.29, 1.82) is 0 Å². The Hall–Kier alpha value is -0.280. The Morgan fingerprint density at radius 2 is 2.11 bits per heavy atom. The molecule has 0 aliphatic heterocycles. The summed E-state index contributed by atoms with van der Waals surface area (Å²) < 4.78 is 5.49. The van der Waals surface area contributed by atoms with Gasteiger partial charge in [-0.25, -0.2) is 0 Å². The first-order valence-corrected chi connectivity index (χ1v) is 7.12. The molecule has 0 spiro atoms. The van der Waals surface area contributed by atoms with Crippen LogP contribution in [0.15, 0.2) is 18.2 Å². The topological polar surface area (TPSA) is 21.3 Å². The lowest BCUT2D eigenvalue weighted by Crippen LogP contribution is -2.38. The Bertz CT molecular complexity index is 411. The van der Waals surface area contributed by atoms with Crippen molar-refractivity contribution < 1.29 is 4.74 Å². The monoisotopic (exact) mass is 287 g/mol. The average Bonchev–Trinajstić information content (AvgIpc) is 2.79. The molecule has 1 aliphatic carbocycles. The summed E-state index contributed by atoms with van der Waals surface area (Å²) in [6, 6.07) is 6.34. The van der Waals surface area contributed by atoms with E-state index in [9.17, 15) is 0 Å². The molecule has 0 saturated heterocycles. The van der Waals surface area contributed by atoms with Crippen molar-refractivity contribution in [1.82, 2.24) is 5.32 Å². The SMILES string of the molecule is COC1CCCC1NC(C)c1cccc(Cl)c1Cl. The first-order valence-electron chi connectivity index (χ1n) is 6.36. The Morgan fingerprint density at radius 3 is 2.83 bits per heavy atom. The van der Waals surface area contributed by atoms with Gasteiger partial charge in [-0.05, 0) is 37.8 Å². The van der Waals surface area contributed by atoms with Gasteiger partial charge in [-0.15, -0.1) is 0 Å². The van der Waals surface area contributed by atoms with E-state index in [0.29, 0.717) is 22.2 Å². The maximum Gasteiger partial charge on any atom is 0.0724 e. The molecular weight excluding hydrogens is 269 g/mol. The van der Waals surface area contributed by atoms with Crippen LogP contribution in [0.4, 0.5) is 0 Å². The van der Waals surface area contributed by atoms with E-state index in [1.165, 1.54) is 6.42 Å². The Kier molecular flexibility index (Phi) is 4.91. The summed E-state index contributed by atoms with van der Waals surface area (Å²) in [4.78, 5) is 0. The first-order chi connectivity index (χ1) is 8.63. The zero-order valence-electron chi connectivity index (χ0n) is 10.7. The smallest absolute Gasteiger partial charge is 0.0724 e. The number of ether oxygens (including phenoxy) is 1. The van der Waals surface area contributed by atoms with Crippen molar-refractivity contribution >= 4 is 23.2 Å². The van der Waals surface area contributed by atoms with Crippen molar-refractivity contribution in [2.45, 2.75) is 44.4 Å². The van der Waals surface area contributed by atoms with Crippen LogP contribution in [-0.2, 0) is 4.74 Å². The van der Waals surface area contributed by atoms with Crippen LogP contribution in [0.2, 0.25) is 10.0 Å². The molecule has 4 heteroatoms. The van der Waals surface area contributed by atoms with E-state index in [1.807, 2.05) is 18.2 Å². The molecule has 1 saturated carbocycles. The normalized spacial score (nSPS) is 25.3. The lowest BCUT2D eigenvalue weighted by Gasteiger charge is -2.25. The standard InChI is InChI=1S/C14H19Cl2NO/c1-9(10-5-3-6-11(15)14(10)16)17-12-7-4-8-13(12)18-2/h3,5-6,9,12-13,17H,4,7-8H2,1-2H3. The number of rotatable bonds is 4. The van der Waals surface area contributed by atoms with Crippen LogP contribution in [0.1, 0.15) is 37.8 Å². The van der Waals surface area contributed by atoms with Crippen molar-refractivity contribution in [2.24, 2.45) is 0 Å². The maximum atomic E-state index is 6.24. The van der Waals surface area contributed by atoms with Gasteiger partial charge in [0.1, 0.15) is 0 Å². The number of hydrogen-bond acceptors (Lipinski definition) is 2. The molecule has 100 valence electrons. The van der Waals surface area contributed by atoms with E-state index in [0.717, 1.165) is 18.4 Å². The fourth-order valence-corrected chi connectivity index (χ4v) is 3.14. The van der Waals surface area contributed by atoms with Gasteiger partial charge in [-0.2, -0.15) is 0 Å². The largest absolute Gasteiger partial charge is 0.380 e. The molecular formula is C14H19Cl2NO. The third kappa shape index (κ3) is 3.00. The number of methoxy groups -OCH3 is 1. The lowest BCUT2D eigenvalue weighted by molar-refractivity contribution is 0.0820. The molecule has 0 amide bonds. The highest BCUT2D eigenvalue weighted by Crippen LogP contribution is 2.31. The molecule has 1 aromatic carbocycles. The van der Waals surface area contributed by atoms with Gasteiger partial charge in [0, 0.05) is 19.2 Å². The van der Waals surface area contributed by atoms with E-state index >= 15 is 0 Å². The first kappa shape index (κ1) is 14.1. The molecule has 2 rings (SSSR count). The molecule has 3 unspecified atom stereocenters. The molecule has 0 aromatic heterocycles. The highest BCUT2D eigenvalue weighted by molar-refractivity contribution is 6.42. The third-order valence-electron chi connectivity index (χ3n) is 3.67. The van der Waals surface area contributed by atoms with Crippen LogP contribution in [0.5, 0.6) is 0 Å². The summed E-state index contributed by atoms with van der Waals surface area (Å²) in [5.74, 6) is 0. The Labute approximate surface area is 119 Å². The highest BCUT2D eigenvalue weighted by atomic mass is 35.5. The molecule has 1 N–H and O–H groups in total. The molecule has 0 radical (unpaired) electrons. The van der Waals surface area contributed by atoms with Gasteiger partial charge in [-0.3, -0.25) is 0 Å². The molecule has 0 bridgehead atoms. The summed E-state index contributed by atoms with van der Waals surface area (Å²) in [6.45, 7) is 2.11. The summed E-state index contributed by atoms with van der Waals surface area (Å²) in [7, 11) is 1.78. The molecule has 3 atom stereocenters. The van der Waals surface area contributed by atoms with Gasteiger partial charge >= 0.3 is 0 Å². The molecule has 0 heterocycles. The average molecular weight is 288 g/mol. The molecule has 1 aromatic rings. The number of halogens is 2. The lowest BCUT2D eigenvalue weighted by atomic mass is 10.1. The third-order valence-corrected chi connectivity index (χ3v) is 4.50. The van der Waals surface area contributed by atoms with Gasteiger partial charge in [0.2, 0.25) is 0 Å². The van der Waals surface area contributed by atoms with Crippen molar-refractivity contribution in [3.05, 3.63) is 33.8 Å². The summed E-state index contributed by atoms with van der Waals surface area (Å²) >= 11 is 12.3. The quantitative estimate of drug-likeness (QED) is 0.896. The van der Waals surface area contributed by atoms with Crippen molar-refractivity contribution in [3.63, 3.8) is 0 Å². The number of benzene rings is 1. The van der Waals surface area contributed by atoms with E-state index in [-0.39, 0.29) is 6.04 Å². The van der Waals surface area contributed by atoms with E-state index in [4.69, 9.17) is 27.9 Å². The van der Waals surface area contributed by atoms with Crippen molar-refractivity contribution in [2.75, 3.05) is 7.11 Å². The minimum atomic E-state index is 0.178. The van der Waals surface area contributed by atoms with Crippen LogP contribution in [-0.4, -0.2) is 19.3 Å². The van der Waals surface area contributed by atoms with E-state index in [1.54, 1.807) is 7.11 Å². The predicted molar refractivity (Wildman–Crippen MR) is 76.4 cm³/mol. The summed E-state index contributed by atoms with van der Waals surface area (Å²) in [5, 5.41) is 4.85. The molecule has 18 heavy (non-hydrogen) atoms. The Balaban J connectivity index is 2.07. The second-order valence-electron chi connectivity index (χ2n) is 4.84. The number of nitrogens with one attached hydrogen (secondary N) is 1. The fourth-order valence-electron chi connectivity index (χ4n) is 2.66. The predicted octanol–water partition coefficient (Wildman–Crippen LogP) is 4.21. The minimum absolute atomic E-state index is 0.178. The van der Waals surface area contributed by atoms with Gasteiger partial charge in [0.05, 0.1) is 16.1 Å². The van der Waals surface area contributed by atoms with Crippen LogP contribution in [0.3, 0.4) is 0 Å². The second-order valence-corrected chi connectivity index (χ2v) is 5.63. The van der Waals surface area contributed by atoms with E-state index < -0.39 is 0 Å².